The van der Waals surface area contributed by atoms with Crippen molar-refractivity contribution in [3.05, 3.63) is 31.6 Å². The van der Waals surface area contributed by atoms with E-state index in [1.165, 1.54) is 11.8 Å². The maximum atomic E-state index is 11.2. The summed E-state index contributed by atoms with van der Waals surface area (Å²) in [5, 5.41) is 0.192. The van der Waals surface area contributed by atoms with E-state index in [1.54, 1.807) is 0 Å². The van der Waals surface area contributed by atoms with Crippen LogP contribution in [-0.4, -0.2) is 10.9 Å². The summed E-state index contributed by atoms with van der Waals surface area (Å²) < 4.78 is 0. The summed E-state index contributed by atoms with van der Waals surface area (Å²) in [7, 11) is 0. The molecule has 59 valence electrons. The Morgan fingerprint density at radius 2 is 2.09 bits per heavy atom. The number of carbonyl (C=O) groups is 1. The first-order chi connectivity index (χ1) is 5.34. The van der Waals surface area contributed by atoms with Crippen molar-refractivity contribution >= 4 is 16.9 Å². The highest BCUT2D eigenvalue weighted by molar-refractivity contribution is 8.14. The number of hydrogen-bond acceptors (Lipinski definition) is 2. The van der Waals surface area contributed by atoms with E-state index >= 15 is 0 Å². The molecule has 0 saturated heterocycles. The molecule has 0 atom stereocenters. The van der Waals surface area contributed by atoms with Crippen LogP contribution in [0.1, 0.15) is 13.3 Å². The predicted molar refractivity (Wildman–Crippen MR) is 48.2 cm³/mol. The van der Waals surface area contributed by atoms with Crippen LogP contribution in [0.3, 0.4) is 0 Å². The Balaban J connectivity index is 2.17. The van der Waals surface area contributed by atoms with Gasteiger partial charge in [0, 0.05) is 5.75 Å². The lowest BCUT2D eigenvalue weighted by atomic mass is 10.1. The smallest absolute Gasteiger partial charge is 0.196 e. The van der Waals surface area contributed by atoms with Crippen LogP contribution in [0.25, 0.3) is 0 Å². The van der Waals surface area contributed by atoms with Crippen molar-refractivity contribution in [3.8, 4) is 0 Å². The Hall–Kier alpha value is 0.0200. The van der Waals surface area contributed by atoms with Gasteiger partial charge >= 0.3 is 0 Å². The highest BCUT2D eigenvalue weighted by Gasteiger charge is 2.24. The van der Waals surface area contributed by atoms with Gasteiger partial charge in [0.05, 0.1) is 5.92 Å². The molecule has 0 bridgehead atoms. The highest BCUT2D eigenvalue weighted by Crippen LogP contribution is 2.28. The van der Waals surface area contributed by atoms with Crippen LogP contribution in [0.4, 0.5) is 0 Å². The highest BCUT2D eigenvalue weighted by atomic mass is 32.2. The Kier molecular flexibility index (Phi) is 3.98. The van der Waals surface area contributed by atoms with Crippen LogP contribution in [0, 0.1) is 31.6 Å². The van der Waals surface area contributed by atoms with Gasteiger partial charge in [-0.15, -0.1) is 0 Å². The number of hydrogen-bond donors (Lipinski definition) is 0. The number of thioether (sulfide) groups is 1. The molecule has 1 fully saturated rings. The van der Waals surface area contributed by atoms with Crippen LogP contribution in [0.2, 0.25) is 0 Å². The Bertz CT molecular complexity index is 128. The average Bonchev–Trinajstić information content (AvgIpc) is 2.52. The largest absolute Gasteiger partial charge is 0.287 e. The van der Waals surface area contributed by atoms with E-state index in [2.05, 4.69) is 6.92 Å². The van der Waals surface area contributed by atoms with E-state index < -0.39 is 0 Å². The second kappa shape index (κ2) is 4.81. The molecule has 0 amide bonds. The summed E-state index contributed by atoms with van der Waals surface area (Å²) in [5.74, 6) is 1.74. The first-order valence-corrected chi connectivity index (χ1v) is 4.72. The molecule has 0 spiro atoms. The molecule has 1 saturated carbocycles. The van der Waals surface area contributed by atoms with Crippen LogP contribution in [-0.2, 0) is 4.79 Å². The SMILES string of the molecule is CCCSC(=O)[C]1[CH][CH][CH][CH]1. The molecular formula is C9H11OS. The topological polar surface area (TPSA) is 17.1 Å². The minimum Gasteiger partial charge on any atom is -0.287 e. The van der Waals surface area contributed by atoms with Gasteiger partial charge in [0.15, 0.2) is 5.12 Å². The van der Waals surface area contributed by atoms with Crippen molar-refractivity contribution in [1.82, 2.24) is 0 Å². The molecule has 11 heavy (non-hydrogen) atoms. The molecule has 0 heterocycles. The third-order valence-corrected chi connectivity index (χ3v) is 2.45. The van der Waals surface area contributed by atoms with Crippen molar-refractivity contribution in [2.45, 2.75) is 13.3 Å². The summed E-state index contributed by atoms with van der Waals surface area (Å²) in [6.07, 6.45) is 8.53. The lowest BCUT2D eigenvalue weighted by Crippen LogP contribution is -2.05. The molecule has 1 nitrogen and oxygen atoms in total. The Morgan fingerprint density at radius 3 is 2.64 bits per heavy atom. The fourth-order valence-electron chi connectivity index (χ4n) is 0.788. The molecule has 1 aliphatic rings. The van der Waals surface area contributed by atoms with Gasteiger partial charge in [-0.25, -0.2) is 0 Å². The number of rotatable bonds is 3. The fourth-order valence-corrected chi connectivity index (χ4v) is 1.48. The minimum atomic E-state index is 0.192. The predicted octanol–water partition coefficient (Wildman–Crippen LogP) is 2.06. The standard InChI is InChI=1S/C9H11OS/c1-2-7-11-9(10)8-5-3-4-6-8/h3-6H,2,7H2,1H3. The summed E-state index contributed by atoms with van der Waals surface area (Å²) in [6.45, 7) is 2.07. The molecule has 1 aliphatic carbocycles. The lowest BCUT2D eigenvalue weighted by Gasteiger charge is -2.03. The fraction of sp³-hybridized carbons (Fsp3) is 0.333. The van der Waals surface area contributed by atoms with E-state index in [-0.39, 0.29) is 5.12 Å². The van der Waals surface area contributed by atoms with Gasteiger partial charge in [-0.05, 0) is 32.1 Å². The third-order valence-electron chi connectivity index (χ3n) is 1.34. The lowest BCUT2D eigenvalue weighted by molar-refractivity contribution is -0.108. The van der Waals surface area contributed by atoms with Gasteiger partial charge in [0.2, 0.25) is 0 Å². The molecule has 0 aromatic carbocycles. The van der Waals surface area contributed by atoms with Gasteiger partial charge in [-0.3, -0.25) is 4.79 Å². The Morgan fingerprint density at radius 1 is 1.45 bits per heavy atom. The zero-order valence-corrected chi connectivity index (χ0v) is 7.36. The van der Waals surface area contributed by atoms with E-state index in [0.717, 1.165) is 18.1 Å². The second-order valence-corrected chi connectivity index (χ2v) is 3.38. The second-order valence-electron chi connectivity index (χ2n) is 2.31. The normalized spacial score (nSPS) is 19.0. The van der Waals surface area contributed by atoms with Crippen molar-refractivity contribution < 1.29 is 4.79 Å². The quantitative estimate of drug-likeness (QED) is 0.640. The zero-order chi connectivity index (χ0) is 8.10. The molecule has 0 aromatic rings. The maximum Gasteiger partial charge on any atom is 0.196 e. The van der Waals surface area contributed by atoms with E-state index in [0.29, 0.717) is 0 Å². The zero-order valence-electron chi connectivity index (χ0n) is 6.54. The molecule has 5 radical (unpaired) electrons. The summed E-state index contributed by atoms with van der Waals surface area (Å²) in [6, 6.07) is 0. The minimum absolute atomic E-state index is 0.192. The van der Waals surface area contributed by atoms with Gasteiger partial charge in [0.25, 0.3) is 0 Å². The van der Waals surface area contributed by atoms with Crippen LogP contribution >= 0.6 is 11.8 Å². The summed E-state index contributed by atoms with van der Waals surface area (Å²) in [5.41, 5.74) is 0. The van der Waals surface area contributed by atoms with Crippen LogP contribution in [0.15, 0.2) is 0 Å². The molecule has 0 aliphatic heterocycles. The van der Waals surface area contributed by atoms with Gasteiger partial charge in [-0.1, -0.05) is 18.7 Å². The third kappa shape index (κ3) is 2.86. The van der Waals surface area contributed by atoms with Crippen molar-refractivity contribution in [1.29, 1.82) is 0 Å². The van der Waals surface area contributed by atoms with Crippen molar-refractivity contribution in [2.75, 3.05) is 5.75 Å². The van der Waals surface area contributed by atoms with E-state index in [1.807, 2.05) is 25.7 Å². The first kappa shape index (κ1) is 9.11. The molecular weight excluding hydrogens is 156 g/mol. The first-order valence-electron chi connectivity index (χ1n) is 3.73. The average molecular weight is 167 g/mol. The summed E-state index contributed by atoms with van der Waals surface area (Å²) in [4.78, 5) is 11.2. The molecule has 0 N–H and O–H groups in total. The van der Waals surface area contributed by atoms with Crippen LogP contribution < -0.4 is 0 Å². The van der Waals surface area contributed by atoms with E-state index in [9.17, 15) is 4.79 Å². The Labute approximate surface area is 72.9 Å². The monoisotopic (exact) mass is 167 g/mol. The molecule has 0 unspecified atom stereocenters. The molecule has 0 aromatic heterocycles. The van der Waals surface area contributed by atoms with Crippen molar-refractivity contribution in [2.24, 2.45) is 0 Å². The van der Waals surface area contributed by atoms with Crippen LogP contribution in [0.5, 0.6) is 0 Å². The maximum absolute atomic E-state index is 11.2. The van der Waals surface area contributed by atoms with Gasteiger partial charge < -0.3 is 0 Å². The molecule has 2 heteroatoms. The molecule has 1 rings (SSSR count). The van der Waals surface area contributed by atoms with Crippen molar-refractivity contribution in [3.63, 3.8) is 0 Å². The summed E-state index contributed by atoms with van der Waals surface area (Å²) >= 11 is 1.40. The van der Waals surface area contributed by atoms with E-state index in [4.69, 9.17) is 0 Å². The number of carbonyl (C=O) groups excluding carboxylic acids is 1. The van der Waals surface area contributed by atoms with Gasteiger partial charge in [-0.2, -0.15) is 0 Å². The van der Waals surface area contributed by atoms with Gasteiger partial charge in [0.1, 0.15) is 0 Å².